The first kappa shape index (κ1) is 13.8. The first-order chi connectivity index (χ1) is 7.38. The van der Waals surface area contributed by atoms with Crippen molar-refractivity contribution in [3.8, 4) is 0 Å². The normalized spacial score (nSPS) is 13.8. The molecule has 0 aliphatic heterocycles. The predicted octanol–water partition coefficient (Wildman–Crippen LogP) is 3.07. The van der Waals surface area contributed by atoms with E-state index in [1.165, 1.54) is 6.07 Å². The molecule has 0 fully saturated rings. The van der Waals surface area contributed by atoms with E-state index in [2.05, 4.69) is 4.72 Å². The van der Waals surface area contributed by atoms with Crippen molar-refractivity contribution in [1.29, 1.82) is 0 Å². The molecule has 6 heteroatoms. The van der Waals surface area contributed by atoms with E-state index < -0.39 is 10.0 Å². The van der Waals surface area contributed by atoms with Crippen LogP contribution in [0.25, 0.3) is 0 Å². The Morgan fingerprint density at radius 3 is 2.56 bits per heavy atom. The van der Waals surface area contributed by atoms with Crippen molar-refractivity contribution in [2.45, 2.75) is 31.2 Å². The average molecular weight is 282 g/mol. The monoisotopic (exact) mass is 281 g/mol. The number of halogens is 2. The quantitative estimate of drug-likeness (QED) is 0.922. The summed E-state index contributed by atoms with van der Waals surface area (Å²) in [5.41, 5.74) is 0. The van der Waals surface area contributed by atoms with Crippen molar-refractivity contribution in [2.75, 3.05) is 0 Å². The van der Waals surface area contributed by atoms with Gasteiger partial charge in [-0.25, -0.2) is 13.1 Å². The van der Waals surface area contributed by atoms with Gasteiger partial charge < -0.3 is 0 Å². The lowest BCUT2D eigenvalue weighted by Crippen LogP contribution is -2.32. The maximum Gasteiger partial charge on any atom is 0.242 e. The zero-order chi connectivity index (χ0) is 12.3. The molecule has 0 heterocycles. The number of hydrogen-bond donors (Lipinski definition) is 1. The van der Waals surface area contributed by atoms with Gasteiger partial charge in [0, 0.05) is 6.04 Å². The van der Waals surface area contributed by atoms with E-state index in [1.807, 2.05) is 6.92 Å². The minimum Gasteiger partial charge on any atom is -0.208 e. The van der Waals surface area contributed by atoms with Crippen LogP contribution in [0.5, 0.6) is 0 Å². The molecule has 16 heavy (non-hydrogen) atoms. The van der Waals surface area contributed by atoms with Crippen molar-refractivity contribution in [3.05, 3.63) is 28.2 Å². The van der Waals surface area contributed by atoms with Gasteiger partial charge in [0.15, 0.2) is 0 Å². The highest BCUT2D eigenvalue weighted by Gasteiger charge is 2.20. The van der Waals surface area contributed by atoms with E-state index in [1.54, 1.807) is 19.1 Å². The summed E-state index contributed by atoms with van der Waals surface area (Å²) in [6.45, 7) is 3.68. The second-order valence-corrected chi connectivity index (χ2v) is 5.95. The van der Waals surface area contributed by atoms with Crippen LogP contribution in [0, 0.1) is 0 Å². The summed E-state index contributed by atoms with van der Waals surface area (Å²) >= 11 is 11.6. The maximum absolute atomic E-state index is 11.9. The summed E-state index contributed by atoms with van der Waals surface area (Å²) in [6.07, 6.45) is 0.706. The fourth-order valence-electron chi connectivity index (χ4n) is 1.10. The molecular weight excluding hydrogens is 269 g/mol. The van der Waals surface area contributed by atoms with E-state index in [0.717, 1.165) is 0 Å². The van der Waals surface area contributed by atoms with Gasteiger partial charge in [-0.2, -0.15) is 0 Å². The summed E-state index contributed by atoms with van der Waals surface area (Å²) in [4.78, 5) is 0.0157. The fourth-order valence-corrected chi connectivity index (χ4v) is 3.19. The lowest BCUT2D eigenvalue weighted by atomic mass is 10.3. The number of nitrogens with one attached hydrogen (secondary N) is 1. The summed E-state index contributed by atoms with van der Waals surface area (Å²) in [5, 5.41) is 0.286. The summed E-state index contributed by atoms with van der Waals surface area (Å²) in [7, 11) is -3.59. The minimum atomic E-state index is -3.59. The van der Waals surface area contributed by atoms with Crippen LogP contribution in [0.15, 0.2) is 23.1 Å². The van der Waals surface area contributed by atoms with E-state index in [0.29, 0.717) is 6.42 Å². The van der Waals surface area contributed by atoms with E-state index in [9.17, 15) is 8.42 Å². The number of benzene rings is 1. The van der Waals surface area contributed by atoms with Crippen LogP contribution >= 0.6 is 23.2 Å². The number of hydrogen-bond acceptors (Lipinski definition) is 2. The van der Waals surface area contributed by atoms with Crippen LogP contribution in [-0.2, 0) is 10.0 Å². The molecule has 0 aliphatic rings. The first-order valence-corrected chi connectivity index (χ1v) is 7.08. The second-order valence-electron chi connectivity index (χ2n) is 3.48. The van der Waals surface area contributed by atoms with Crippen molar-refractivity contribution < 1.29 is 8.42 Å². The molecule has 1 rings (SSSR count). The molecule has 0 aromatic heterocycles. The zero-order valence-corrected chi connectivity index (χ0v) is 11.3. The fraction of sp³-hybridized carbons (Fsp3) is 0.400. The molecule has 0 bridgehead atoms. The Kier molecular flexibility index (Phi) is 4.62. The van der Waals surface area contributed by atoms with Gasteiger partial charge in [-0.1, -0.05) is 36.2 Å². The smallest absolute Gasteiger partial charge is 0.208 e. The van der Waals surface area contributed by atoms with Crippen molar-refractivity contribution in [1.82, 2.24) is 4.72 Å². The maximum atomic E-state index is 11.9. The van der Waals surface area contributed by atoms with Crippen LogP contribution in [0.4, 0.5) is 0 Å². The second kappa shape index (κ2) is 5.36. The van der Waals surface area contributed by atoms with Gasteiger partial charge >= 0.3 is 0 Å². The predicted molar refractivity (Wildman–Crippen MR) is 66.5 cm³/mol. The molecule has 0 spiro atoms. The van der Waals surface area contributed by atoms with E-state index in [-0.39, 0.29) is 21.0 Å². The molecule has 0 unspecified atom stereocenters. The number of rotatable bonds is 4. The third-order valence-electron chi connectivity index (χ3n) is 2.17. The highest BCUT2D eigenvalue weighted by molar-refractivity contribution is 7.89. The molecule has 90 valence electrons. The van der Waals surface area contributed by atoms with Crippen LogP contribution in [0.1, 0.15) is 20.3 Å². The Bertz CT molecular complexity index is 474. The molecule has 0 amide bonds. The Balaban J connectivity index is 3.13. The van der Waals surface area contributed by atoms with Crippen molar-refractivity contribution >= 4 is 33.2 Å². The molecule has 0 aliphatic carbocycles. The molecule has 1 N–H and O–H groups in total. The summed E-state index contributed by atoms with van der Waals surface area (Å²) in [5.74, 6) is 0. The zero-order valence-electron chi connectivity index (χ0n) is 9.00. The molecule has 1 aromatic carbocycles. The molecule has 1 atom stereocenters. The minimum absolute atomic E-state index is 0.0157. The summed E-state index contributed by atoms with van der Waals surface area (Å²) < 4.78 is 26.4. The van der Waals surface area contributed by atoms with Gasteiger partial charge in [-0.3, -0.25) is 0 Å². The molecular formula is C10H13Cl2NO2S. The third-order valence-corrected chi connectivity index (χ3v) is 4.74. The standard InChI is InChI=1S/C10H13Cl2NO2S/c1-3-7(2)13-16(14,15)9-6-4-5-8(11)10(9)12/h4-7,13H,3H2,1-2H3/t7-/m1/s1. The van der Waals surface area contributed by atoms with Gasteiger partial charge in [0.25, 0.3) is 0 Å². The van der Waals surface area contributed by atoms with Crippen LogP contribution in [0.3, 0.4) is 0 Å². The summed E-state index contributed by atoms with van der Waals surface area (Å²) in [6, 6.07) is 4.39. The lowest BCUT2D eigenvalue weighted by molar-refractivity contribution is 0.556. The lowest BCUT2D eigenvalue weighted by Gasteiger charge is -2.13. The SMILES string of the molecule is CC[C@@H](C)NS(=O)(=O)c1cccc(Cl)c1Cl. The largest absolute Gasteiger partial charge is 0.242 e. The molecule has 0 radical (unpaired) electrons. The average Bonchev–Trinajstić information content (AvgIpc) is 2.21. The van der Waals surface area contributed by atoms with Crippen LogP contribution in [0.2, 0.25) is 10.0 Å². The van der Waals surface area contributed by atoms with Crippen molar-refractivity contribution in [2.24, 2.45) is 0 Å². The Hall–Kier alpha value is -0.290. The van der Waals surface area contributed by atoms with Crippen molar-refractivity contribution in [3.63, 3.8) is 0 Å². The Morgan fingerprint density at radius 2 is 2.00 bits per heavy atom. The third kappa shape index (κ3) is 3.10. The van der Waals surface area contributed by atoms with Gasteiger partial charge in [0.1, 0.15) is 4.90 Å². The van der Waals surface area contributed by atoms with Crippen LogP contribution < -0.4 is 4.72 Å². The highest BCUT2D eigenvalue weighted by Crippen LogP contribution is 2.28. The van der Waals surface area contributed by atoms with E-state index in [4.69, 9.17) is 23.2 Å². The van der Waals surface area contributed by atoms with Crippen LogP contribution in [-0.4, -0.2) is 14.5 Å². The van der Waals surface area contributed by atoms with Gasteiger partial charge in [0.05, 0.1) is 10.0 Å². The highest BCUT2D eigenvalue weighted by atomic mass is 35.5. The Morgan fingerprint density at radius 1 is 1.38 bits per heavy atom. The van der Waals surface area contributed by atoms with E-state index >= 15 is 0 Å². The molecule has 3 nitrogen and oxygen atoms in total. The van der Waals surface area contributed by atoms with Gasteiger partial charge in [0.2, 0.25) is 10.0 Å². The Labute approximate surface area is 106 Å². The molecule has 1 aromatic rings. The van der Waals surface area contributed by atoms with Gasteiger partial charge in [-0.05, 0) is 25.5 Å². The molecule has 0 saturated heterocycles. The topological polar surface area (TPSA) is 46.2 Å². The van der Waals surface area contributed by atoms with Gasteiger partial charge in [-0.15, -0.1) is 0 Å². The number of sulfonamides is 1. The molecule has 0 saturated carbocycles. The first-order valence-electron chi connectivity index (χ1n) is 4.84.